The number of nitrogens with one attached hydrogen (secondary N) is 1. The van der Waals surface area contributed by atoms with Crippen LogP contribution in [0.5, 0.6) is 5.75 Å². The van der Waals surface area contributed by atoms with Crippen LogP contribution in [0, 0.1) is 25.5 Å². The molecule has 7 heteroatoms. The summed E-state index contributed by atoms with van der Waals surface area (Å²) >= 11 is 0. The third kappa shape index (κ3) is 4.24. The third-order valence-electron chi connectivity index (χ3n) is 3.60. The van der Waals surface area contributed by atoms with Crippen LogP contribution >= 0.6 is 0 Å². The lowest BCUT2D eigenvalue weighted by Crippen LogP contribution is -2.14. The average molecular weight is 357 g/mol. The normalized spacial score (nSPS) is 10.6. The number of hydrogen-bond acceptors (Lipinski definition) is 3. The lowest BCUT2D eigenvalue weighted by molar-refractivity contribution is 0.102. The molecule has 3 aromatic rings. The van der Waals surface area contributed by atoms with Crippen molar-refractivity contribution in [2.75, 3.05) is 5.32 Å². The number of amides is 1. The van der Waals surface area contributed by atoms with Crippen molar-refractivity contribution in [2.24, 2.45) is 0 Å². The lowest BCUT2D eigenvalue weighted by Gasteiger charge is -2.07. The first-order valence-electron chi connectivity index (χ1n) is 7.92. The summed E-state index contributed by atoms with van der Waals surface area (Å²) < 4.78 is 33.0. The molecule has 0 aliphatic heterocycles. The van der Waals surface area contributed by atoms with E-state index >= 15 is 0 Å². The molecule has 1 N–H and O–H groups in total. The van der Waals surface area contributed by atoms with Gasteiger partial charge >= 0.3 is 0 Å². The first kappa shape index (κ1) is 17.6. The molecule has 1 amide bonds. The van der Waals surface area contributed by atoms with Gasteiger partial charge in [0.25, 0.3) is 5.91 Å². The molecule has 0 spiro atoms. The van der Waals surface area contributed by atoms with E-state index in [1.54, 1.807) is 0 Å². The molecular weight excluding hydrogens is 340 g/mol. The maximum absolute atomic E-state index is 13.5. The fraction of sp³-hybridized carbons (Fsp3) is 0.158. The van der Waals surface area contributed by atoms with E-state index in [1.807, 2.05) is 32.0 Å². The zero-order valence-electron chi connectivity index (χ0n) is 14.3. The standard InChI is InChI=1S/C19H17F2N3O2/c1-12-7-13(2)9-15(8-12)22-19(25)17-5-6-24(23-17)11-26-18-4-3-14(20)10-16(18)21/h3-10H,11H2,1-2H3,(H,22,25). The number of hydrogen-bond donors (Lipinski definition) is 1. The van der Waals surface area contributed by atoms with Crippen LogP contribution in [0.4, 0.5) is 14.5 Å². The van der Waals surface area contributed by atoms with Crippen molar-refractivity contribution in [1.82, 2.24) is 9.78 Å². The van der Waals surface area contributed by atoms with Gasteiger partial charge in [0.1, 0.15) is 5.82 Å². The van der Waals surface area contributed by atoms with Gasteiger partial charge in [0.2, 0.25) is 0 Å². The highest BCUT2D eigenvalue weighted by molar-refractivity contribution is 6.02. The van der Waals surface area contributed by atoms with Gasteiger partial charge in [-0.1, -0.05) is 6.07 Å². The summed E-state index contributed by atoms with van der Waals surface area (Å²) in [5, 5.41) is 6.88. The smallest absolute Gasteiger partial charge is 0.276 e. The summed E-state index contributed by atoms with van der Waals surface area (Å²) in [6.07, 6.45) is 1.54. The molecule has 3 rings (SSSR count). The molecule has 0 saturated carbocycles. The van der Waals surface area contributed by atoms with Gasteiger partial charge in [-0.15, -0.1) is 0 Å². The maximum Gasteiger partial charge on any atom is 0.276 e. The first-order chi connectivity index (χ1) is 12.4. The van der Waals surface area contributed by atoms with Crippen LogP contribution in [-0.2, 0) is 6.73 Å². The van der Waals surface area contributed by atoms with Crippen molar-refractivity contribution in [3.63, 3.8) is 0 Å². The molecule has 0 saturated heterocycles. The van der Waals surface area contributed by atoms with Crippen molar-refractivity contribution in [3.05, 3.63) is 77.1 Å². The molecule has 134 valence electrons. The highest BCUT2D eigenvalue weighted by Crippen LogP contribution is 2.18. The zero-order valence-corrected chi connectivity index (χ0v) is 14.3. The van der Waals surface area contributed by atoms with Gasteiger partial charge in [0.05, 0.1) is 0 Å². The van der Waals surface area contributed by atoms with Gasteiger partial charge in [0.15, 0.2) is 24.0 Å². The minimum Gasteiger partial charge on any atom is -0.468 e. The largest absolute Gasteiger partial charge is 0.468 e. The molecule has 0 fully saturated rings. The van der Waals surface area contributed by atoms with Crippen LogP contribution in [0.3, 0.4) is 0 Å². The predicted molar refractivity (Wildman–Crippen MR) is 93.1 cm³/mol. The number of nitrogens with zero attached hydrogens (tertiary/aromatic N) is 2. The Bertz CT molecular complexity index is 933. The van der Waals surface area contributed by atoms with Crippen molar-refractivity contribution in [1.29, 1.82) is 0 Å². The molecule has 1 heterocycles. The molecule has 0 aliphatic carbocycles. The minimum absolute atomic E-state index is 0.0943. The van der Waals surface area contributed by atoms with Crippen LogP contribution in [0.25, 0.3) is 0 Å². The third-order valence-corrected chi connectivity index (χ3v) is 3.60. The van der Waals surface area contributed by atoms with Gasteiger partial charge in [0, 0.05) is 18.0 Å². The molecular formula is C19H17F2N3O2. The second kappa shape index (κ2) is 7.35. The fourth-order valence-corrected chi connectivity index (χ4v) is 2.52. The maximum atomic E-state index is 13.5. The molecule has 5 nitrogen and oxygen atoms in total. The number of benzene rings is 2. The topological polar surface area (TPSA) is 56.2 Å². The van der Waals surface area contributed by atoms with E-state index in [2.05, 4.69) is 10.4 Å². The number of ether oxygens (including phenoxy) is 1. The Morgan fingerprint density at radius 1 is 1.12 bits per heavy atom. The molecule has 26 heavy (non-hydrogen) atoms. The van der Waals surface area contributed by atoms with E-state index < -0.39 is 11.6 Å². The summed E-state index contributed by atoms with van der Waals surface area (Å²) in [6, 6.07) is 10.3. The van der Waals surface area contributed by atoms with Crippen LogP contribution < -0.4 is 10.1 Å². The summed E-state index contributed by atoms with van der Waals surface area (Å²) in [5.41, 5.74) is 2.97. The van der Waals surface area contributed by atoms with E-state index in [9.17, 15) is 13.6 Å². The Morgan fingerprint density at radius 3 is 2.54 bits per heavy atom. The number of carbonyl (C=O) groups excluding carboxylic acids is 1. The molecule has 0 bridgehead atoms. The van der Waals surface area contributed by atoms with Crippen molar-refractivity contribution in [2.45, 2.75) is 20.6 Å². The second-order valence-corrected chi connectivity index (χ2v) is 5.92. The quantitative estimate of drug-likeness (QED) is 0.749. The Morgan fingerprint density at radius 2 is 1.85 bits per heavy atom. The Balaban J connectivity index is 1.64. The zero-order chi connectivity index (χ0) is 18.7. The molecule has 0 atom stereocenters. The number of aryl methyl sites for hydroxylation is 2. The Kier molecular flexibility index (Phi) is 4.97. The number of anilines is 1. The van der Waals surface area contributed by atoms with Gasteiger partial charge in [-0.3, -0.25) is 4.79 Å². The van der Waals surface area contributed by atoms with Crippen LogP contribution in [0.15, 0.2) is 48.7 Å². The van der Waals surface area contributed by atoms with Crippen molar-refractivity contribution < 1.29 is 18.3 Å². The van der Waals surface area contributed by atoms with Gasteiger partial charge < -0.3 is 10.1 Å². The number of aromatic nitrogens is 2. The Hall–Kier alpha value is -3.22. The number of halogens is 2. The fourth-order valence-electron chi connectivity index (χ4n) is 2.52. The summed E-state index contributed by atoms with van der Waals surface area (Å²) in [7, 11) is 0. The molecule has 0 aliphatic rings. The summed E-state index contributed by atoms with van der Waals surface area (Å²) in [5.74, 6) is -1.94. The molecule has 0 radical (unpaired) electrons. The van der Waals surface area contributed by atoms with Gasteiger partial charge in [-0.2, -0.15) is 5.10 Å². The summed E-state index contributed by atoms with van der Waals surface area (Å²) in [4.78, 5) is 12.3. The molecule has 2 aromatic carbocycles. The summed E-state index contributed by atoms with van der Waals surface area (Å²) in [6.45, 7) is 3.78. The van der Waals surface area contributed by atoms with E-state index in [4.69, 9.17) is 4.74 Å². The first-order valence-corrected chi connectivity index (χ1v) is 7.92. The minimum atomic E-state index is -0.801. The van der Waals surface area contributed by atoms with Gasteiger partial charge in [-0.05, 0) is 55.3 Å². The van der Waals surface area contributed by atoms with E-state index in [1.165, 1.54) is 23.0 Å². The van der Waals surface area contributed by atoms with Crippen LogP contribution in [0.2, 0.25) is 0 Å². The average Bonchev–Trinajstić information content (AvgIpc) is 3.02. The number of carbonyl (C=O) groups is 1. The van der Waals surface area contributed by atoms with Crippen molar-refractivity contribution >= 4 is 11.6 Å². The molecule has 1 aromatic heterocycles. The van der Waals surface area contributed by atoms with Crippen molar-refractivity contribution in [3.8, 4) is 5.75 Å². The van der Waals surface area contributed by atoms with Crippen LogP contribution in [0.1, 0.15) is 21.6 Å². The SMILES string of the molecule is Cc1cc(C)cc(NC(=O)c2ccn(COc3ccc(F)cc3F)n2)c1. The second-order valence-electron chi connectivity index (χ2n) is 5.92. The lowest BCUT2D eigenvalue weighted by atomic mass is 10.1. The monoisotopic (exact) mass is 357 g/mol. The van der Waals surface area contributed by atoms with E-state index in [0.717, 1.165) is 23.3 Å². The van der Waals surface area contributed by atoms with E-state index in [0.29, 0.717) is 5.69 Å². The van der Waals surface area contributed by atoms with Gasteiger partial charge in [-0.25, -0.2) is 13.5 Å². The predicted octanol–water partition coefficient (Wildman–Crippen LogP) is 4.07. The highest BCUT2D eigenvalue weighted by atomic mass is 19.1. The highest BCUT2D eigenvalue weighted by Gasteiger charge is 2.11. The Labute approximate surface area is 149 Å². The number of rotatable bonds is 5. The van der Waals surface area contributed by atoms with E-state index in [-0.39, 0.29) is 24.1 Å². The van der Waals surface area contributed by atoms with Crippen LogP contribution in [-0.4, -0.2) is 15.7 Å². The molecule has 0 unspecified atom stereocenters.